The smallest absolute Gasteiger partial charge is 0.313 e. The number of carbonyl (C=O) groups excluding carboxylic acids is 1. The average Bonchev–Trinajstić information content (AvgIpc) is 2.27. The van der Waals surface area contributed by atoms with Crippen LogP contribution >= 0.6 is 0 Å². The quantitative estimate of drug-likeness (QED) is 0.641. The Morgan fingerprint density at radius 2 is 1.78 bits per heavy atom. The molecule has 96 valence electrons. The van der Waals surface area contributed by atoms with Crippen LogP contribution < -0.4 is 10.1 Å². The Bertz CT molecular complexity index is 527. The summed E-state index contributed by atoms with van der Waals surface area (Å²) in [5.41, 5.74) is -1.19. The largest absolute Gasteiger partial charge is 0.490 e. The topological polar surface area (TPSA) is 125 Å². The Morgan fingerprint density at radius 1 is 1.22 bits per heavy atom. The number of nitrogens with zero attached hydrogens (tertiary/aromatic N) is 2. The molecule has 1 N–H and O–H groups in total. The number of nitro benzene ring substituents is 2. The molecule has 1 aromatic carbocycles. The second-order valence-corrected chi connectivity index (χ2v) is 3.24. The van der Waals surface area contributed by atoms with Gasteiger partial charge in [0, 0.05) is 6.92 Å². The van der Waals surface area contributed by atoms with Gasteiger partial charge in [0.2, 0.25) is 11.7 Å². The number of methoxy groups -OCH3 is 1. The third-order valence-corrected chi connectivity index (χ3v) is 2.00. The fraction of sp³-hybridized carbons (Fsp3) is 0.222. The molecule has 9 heteroatoms. The van der Waals surface area contributed by atoms with Crippen molar-refractivity contribution in [1.29, 1.82) is 0 Å². The lowest BCUT2D eigenvalue weighted by molar-refractivity contribution is -0.389. The molecule has 0 radical (unpaired) electrons. The molecular weight excluding hydrogens is 246 g/mol. The van der Waals surface area contributed by atoms with Crippen LogP contribution in [0.2, 0.25) is 0 Å². The predicted molar refractivity (Wildman–Crippen MR) is 60.6 cm³/mol. The highest BCUT2D eigenvalue weighted by Crippen LogP contribution is 2.37. The molecule has 0 aliphatic rings. The fourth-order valence-corrected chi connectivity index (χ4v) is 1.30. The molecule has 0 atom stereocenters. The first-order valence-corrected chi connectivity index (χ1v) is 4.65. The number of ether oxygens (including phenoxy) is 1. The van der Waals surface area contributed by atoms with Gasteiger partial charge in [-0.15, -0.1) is 0 Å². The average molecular weight is 255 g/mol. The van der Waals surface area contributed by atoms with E-state index in [2.05, 4.69) is 5.32 Å². The van der Waals surface area contributed by atoms with Crippen LogP contribution in [0.5, 0.6) is 5.75 Å². The van der Waals surface area contributed by atoms with Crippen molar-refractivity contribution in [3.8, 4) is 5.75 Å². The van der Waals surface area contributed by atoms with E-state index in [9.17, 15) is 25.0 Å². The van der Waals surface area contributed by atoms with E-state index >= 15 is 0 Å². The first-order chi connectivity index (χ1) is 8.36. The molecule has 1 rings (SSSR count). The molecule has 1 amide bonds. The van der Waals surface area contributed by atoms with Crippen LogP contribution in [0.3, 0.4) is 0 Å². The first-order valence-electron chi connectivity index (χ1n) is 4.65. The summed E-state index contributed by atoms with van der Waals surface area (Å²) in [5, 5.41) is 23.7. The summed E-state index contributed by atoms with van der Waals surface area (Å²) >= 11 is 0. The summed E-state index contributed by atoms with van der Waals surface area (Å²) in [5.74, 6) is -0.821. The third kappa shape index (κ3) is 2.70. The molecule has 0 spiro atoms. The van der Waals surface area contributed by atoms with Crippen LogP contribution in [0.25, 0.3) is 0 Å². The van der Waals surface area contributed by atoms with Gasteiger partial charge in [-0.3, -0.25) is 25.0 Å². The van der Waals surface area contributed by atoms with Crippen LogP contribution in [0.15, 0.2) is 12.1 Å². The van der Waals surface area contributed by atoms with Crippen molar-refractivity contribution < 1.29 is 19.4 Å². The number of nitrogens with one attached hydrogen (secondary N) is 1. The van der Waals surface area contributed by atoms with E-state index in [1.165, 1.54) is 0 Å². The van der Waals surface area contributed by atoms with Gasteiger partial charge >= 0.3 is 5.69 Å². The van der Waals surface area contributed by atoms with E-state index < -0.39 is 27.1 Å². The van der Waals surface area contributed by atoms with Gasteiger partial charge in [-0.2, -0.15) is 0 Å². The number of carbonyl (C=O) groups is 1. The maximum Gasteiger partial charge on any atom is 0.313 e. The molecule has 0 aliphatic heterocycles. The van der Waals surface area contributed by atoms with Crippen LogP contribution in [0.4, 0.5) is 17.1 Å². The first kappa shape index (κ1) is 13.4. The highest BCUT2D eigenvalue weighted by Gasteiger charge is 2.25. The van der Waals surface area contributed by atoms with Gasteiger partial charge in [-0.25, -0.2) is 0 Å². The van der Waals surface area contributed by atoms with E-state index in [0.717, 1.165) is 26.2 Å². The predicted octanol–water partition coefficient (Wildman–Crippen LogP) is 1.47. The Hall–Kier alpha value is -2.71. The van der Waals surface area contributed by atoms with E-state index in [1.54, 1.807) is 0 Å². The molecule has 0 unspecified atom stereocenters. The minimum Gasteiger partial charge on any atom is -0.490 e. The van der Waals surface area contributed by atoms with E-state index in [0.29, 0.717) is 0 Å². The van der Waals surface area contributed by atoms with Gasteiger partial charge in [-0.1, -0.05) is 0 Å². The lowest BCUT2D eigenvalue weighted by Crippen LogP contribution is -2.09. The molecule has 0 saturated carbocycles. The van der Waals surface area contributed by atoms with Crippen LogP contribution in [0.1, 0.15) is 6.92 Å². The maximum absolute atomic E-state index is 10.9. The molecule has 0 saturated heterocycles. The van der Waals surface area contributed by atoms with Gasteiger partial charge in [0.05, 0.1) is 29.1 Å². The monoisotopic (exact) mass is 255 g/mol. The van der Waals surface area contributed by atoms with E-state index in [4.69, 9.17) is 4.74 Å². The zero-order chi connectivity index (χ0) is 13.9. The van der Waals surface area contributed by atoms with Crippen molar-refractivity contribution in [3.63, 3.8) is 0 Å². The van der Waals surface area contributed by atoms with Crippen LogP contribution in [-0.2, 0) is 4.79 Å². The Balaban J connectivity index is 3.46. The molecule has 18 heavy (non-hydrogen) atoms. The van der Waals surface area contributed by atoms with Crippen LogP contribution in [0, 0.1) is 20.2 Å². The zero-order valence-electron chi connectivity index (χ0n) is 9.50. The summed E-state index contributed by atoms with van der Waals surface area (Å²) < 4.78 is 4.70. The number of nitro groups is 2. The van der Waals surface area contributed by atoms with E-state index in [-0.39, 0.29) is 11.4 Å². The molecule has 0 aliphatic carbocycles. The van der Waals surface area contributed by atoms with Gasteiger partial charge in [-0.05, 0) is 0 Å². The molecule has 1 aromatic rings. The highest BCUT2D eigenvalue weighted by molar-refractivity contribution is 5.92. The summed E-state index contributed by atoms with van der Waals surface area (Å²) in [6, 6.07) is 1.78. The van der Waals surface area contributed by atoms with Crippen molar-refractivity contribution >= 4 is 23.0 Å². The van der Waals surface area contributed by atoms with Crippen molar-refractivity contribution in [3.05, 3.63) is 32.4 Å². The lowest BCUT2D eigenvalue weighted by atomic mass is 10.2. The second kappa shape index (κ2) is 5.08. The number of anilines is 1. The molecule has 0 bridgehead atoms. The maximum atomic E-state index is 10.9. The normalized spacial score (nSPS) is 9.67. The van der Waals surface area contributed by atoms with Crippen molar-refractivity contribution in [2.45, 2.75) is 6.92 Å². The molecule has 0 heterocycles. The number of amides is 1. The summed E-state index contributed by atoms with van der Waals surface area (Å²) in [6.45, 7) is 1.14. The highest BCUT2D eigenvalue weighted by atomic mass is 16.6. The molecular formula is C9H9N3O6. The van der Waals surface area contributed by atoms with Gasteiger partial charge in [0.1, 0.15) is 5.69 Å². The zero-order valence-corrected chi connectivity index (χ0v) is 9.50. The minimum absolute atomic E-state index is 0.249. The Morgan fingerprint density at radius 3 is 2.17 bits per heavy atom. The van der Waals surface area contributed by atoms with Gasteiger partial charge < -0.3 is 10.1 Å². The standard InChI is InChI=1S/C9H9N3O6/c1-5(13)10-6-3-8(12(16)17)9(18-2)4-7(6)11(14)15/h3-4H,1-2H3,(H,10,13). The molecule has 0 fully saturated rings. The SMILES string of the molecule is COc1cc([N+](=O)[O-])c(NC(C)=O)cc1[N+](=O)[O-]. The van der Waals surface area contributed by atoms with Crippen molar-refractivity contribution in [2.75, 3.05) is 12.4 Å². The van der Waals surface area contributed by atoms with Crippen LogP contribution in [-0.4, -0.2) is 22.9 Å². The number of rotatable bonds is 4. The number of hydrogen-bond donors (Lipinski definition) is 1. The molecule has 0 aromatic heterocycles. The van der Waals surface area contributed by atoms with Crippen molar-refractivity contribution in [2.24, 2.45) is 0 Å². The lowest BCUT2D eigenvalue weighted by Gasteiger charge is -2.06. The Kier molecular flexibility index (Phi) is 3.77. The number of hydrogen-bond acceptors (Lipinski definition) is 6. The summed E-state index contributed by atoms with van der Waals surface area (Å²) in [7, 11) is 1.16. The summed E-state index contributed by atoms with van der Waals surface area (Å²) in [4.78, 5) is 30.9. The fourth-order valence-electron chi connectivity index (χ4n) is 1.30. The van der Waals surface area contributed by atoms with Gasteiger partial charge in [0.25, 0.3) is 5.69 Å². The second-order valence-electron chi connectivity index (χ2n) is 3.24. The minimum atomic E-state index is -0.766. The van der Waals surface area contributed by atoms with Gasteiger partial charge in [0.15, 0.2) is 0 Å². The molecule has 9 nitrogen and oxygen atoms in total. The third-order valence-electron chi connectivity index (χ3n) is 2.00. The summed E-state index contributed by atoms with van der Waals surface area (Å²) in [6.07, 6.45) is 0. The Labute approximate surface area is 101 Å². The van der Waals surface area contributed by atoms with Crippen molar-refractivity contribution in [1.82, 2.24) is 0 Å². The van der Waals surface area contributed by atoms with E-state index in [1.807, 2.05) is 0 Å². The number of benzene rings is 1.